The minimum Gasteiger partial charge on any atom is -0.456 e. The van der Waals surface area contributed by atoms with Crippen LogP contribution in [0, 0.1) is 0 Å². The van der Waals surface area contributed by atoms with Gasteiger partial charge in [-0.25, -0.2) is 0 Å². The summed E-state index contributed by atoms with van der Waals surface area (Å²) >= 11 is 1.88. The second kappa shape index (κ2) is 17.2. The molecular weight excluding hydrogens is 953 g/mol. The molecule has 0 aliphatic heterocycles. The molecule has 12 aromatic carbocycles. The number of para-hydroxylation sites is 2. The highest BCUT2D eigenvalue weighted by Crippen LogP contribution is 2.57. The number of thiophene rings is 1. The van der Waals surface area contributed by atoms with E-state index in [9.17, 15) is 0 Å². The van der Waals surface area contributed by atoms with Gasteiger partial charge in [0.05, 0.1) is 16.4 Å². The van der Waals surface area contributed by atoms with Gasteiger partial charge in [0.2, 0.25) is 0 Å². The van der Waals surface area contributed by atoms with Crippen LogP contribution in [0.15, 0.2) is 283 Å². The number of hydrogen-bond acceptors (Lipinski definition) is 3. The van der Waals surface area contributed by atoms with Crippen molar-refractivity contribution in [2.45, 2.75) is 5.41 Å². The normalized spacial score (nSPS) is 12.8. The van der Waals surface area contributed by atoms with Crippen LogP contribution >= 0.6 is 11.3 Å². The number of fused-ring (bicyclic) bond motifs is 13. The Morgan fingerprint density at radius 1 is 0.364 bits per heavy atom. The van der Waals surface area contributed by atoms with Crippen LogP contribution in [0.5, 0.6) is 0 Å². The average molecular weight is 999 g/mol. The van der Waals surface area contributed by atoms with Crippen LogP contribution < -0.4 is 4.90 Å². The summed E-state index contributed by atoms with van der Waals surface area (Å²) in [6.45, 7) is 0. The maximum absolute atomic E-state index is 6.34. The molecule has 77 heavy (non-hydrogen) atoms. The fourth-order valence-electron chi connectivity index (χ4n) is 12.9. The van der Waals surface area contributed by atoms with E-state index in [4.69, 9.17) is 4.42 Å². The van der Waals surface area contributed by atoms with Crippen molar-refractivity contribution in [3.05, 3.63) is 301 Å². The largest absolute Gasteiger partial charge is 0.456 e. The van der Waals surface area contributed by atoms with Gasteiger partial charge in [-0.2, -0.15) is 0 Å². The lowest BCUT2D eigenvalue weighted by atomic mass is 9.67. The lowest BCUT2D eigenvalue weighted by Gasteiger charge is -2.35. The molecular formula is C73H46N2OS. The number of furan rings is 1. The van der Waals surface area contributed by atoms with Gasteiger partial charge in [0.1, 0.15) is 11.2 Å². The van der Waals surface area contributed by atoms with Crippen molar-refractivity contribution in [3.63, 3.8) is 0 Å². The molecule has 0 radical (unpaired) electrons. The van der Waals surface area contributed by atoms with Crippen LogP contribution in [0.25, 0.3) is 103 Å². The molecule has 0 spiro atoms. The summed E-state index contributed by atoms with van der Waals surface area (Å²) in [5.74, 6) is 0. The molecule has 0 atom stereocenters. The van der Waals surface area contributed by atoms with Gasteiger partial charge in [-0.1, -0.05) is 200 Å². The highest BCUT2D eigenvalue weighted by Gasteiger charge is 2.46. The number of nitrogens with zero attached hydrogens (tertiary/aromatic N) is 2. The van der Waals surface area contributed by atoms with E-state index < -0.39 is 5.41 Å². The summed E-state index contributed by atoms with van der Waals surface area (Å²) in [6.07, 6.45) is 0. The van der Waals surface area contributed by atoms with E-state index in [1.165, 1.54) is 97.6 Å². The third kappa shape index (κ3) is 6.56. The number of rotatable bonds is 8. The Bertz CT molecular complexity index is 4740. The van der Waals surface area contributed by atoms with E-state index >= 15 is 0 Å². The Kier molecular flexibility index (Phi) is 9.72. The highest BCUT2D eigenvalue weighted by molar-refractivity contribution is 7.26. The topological polar surface area (TPSA) is 21.3 Å². The van der Waals surface area contributed by atoms with Crippen molar-refractivity contribution >= 4 is 92.3 Å². The first-order valence-corrected chi connectivity index (χ1v) is 27.2. The third-order valence-corrected chi connectivity index (χ3v) is 17.5. The molecule has 0 saturated carbocycles. The molecule has 0 bridgehead atoms. The zero-order chi connectivity index (χ0) is 50.6. The van der Waals surface area contributed by atoms with Crippen LogP contribution in [-0.4, -0.2) is 4.57 Å². The molecule has 1 aliphatic rings. The molecule has 0 N–H and O–H groups in total. The van der Waals surface area contributed by atoms with Crippen molar-refractivity contribution in [3.8, 4) is 39.1 Å². The lowest BCUT2D eigenvalue weighted by Crippen LogP contribution is -2.28. The molecule has 1 aliphatic carbocycles. The van der Waals surface area contributed by atoms with Gasteiger partial charge >= 0.3 is 0 Å². The molecule has 360 valence electrons. The van der Waals surface area contributed by atoms with Gasteiger partial charge in [-0.05, 0) is 129 Å². The molecule has 4 heteroatoms. The number of benzene rings is 12. The zero-order valence-electron chi connectivity index (χ0n) is 41.8. The maximum atomic E-state index is 6.34. The first kappa shape index (κ1) is 43.6. The van der Waals surface area contributed by atoms with E-state index in [1.807, 2.05) is 17.4 Å². The number of hydrogen-bond donors (Lipinski definition) is 0. The summed E-state index contributed by atoms with van der Waals surface area (Å²) in [7, 11) is 0. The van der Waals surface area contributed by atoms with E-state index in [0.717, 1.165) is 44.7 Å². The predicted octanol–water partition coefficient (Wildman–Crippen LogP) is 20.2. The van der Waals surface area contributed by atoms with Crippen LogP contribution in [0.2, 0.25) is 0 Å². The molecule has 0 amide bonds. The first-order chi connectivity index (χ1) is 38.2. The summed E-state index contributed by atoms with van der Waals surface area (Å²) < 4.78 is 11.4. The fraction of sp³-hybridized carbons (Fsp3) is 0.0137. The smallest absolute Gasteiger partial charge is 0.135 e. The minimum atomic E-state index is -0.533. The molecule has 3 heterocycles. The summed E-state index contributed by atoms with van der Waals surface area (Å²) in [6, 6.07) is 103. The van der Waals surface area contributed by atoms with E-state index in [0.29, 0.717) is 0 Å². The summed E-state index contributed by atoms with van der Waals surface area (Å²) in [4.78, 5) is 2.44. The molecule has 16 rings (SSSR count). The standard InChI is InChI=1S/C73H46N2OS/c1-4-18-47(19-5-1)48-32-36-52(37-33-48)74(55-40-42-57-56-24-10-14-28-64(56)73(65(57)45-55,50-20-6-2-7-21-50)51-22-8-3-9-23-51)53-38-34-49(35-39-53)61-46-63-58-25-11-15-29-66(58)75(71(63)70-60-27-13-17-31-69(60)77-72(61)70)54-41-43-68-62(44-54)59-26-12-16-30-67(59)76-68/h1-46H. The van der Waals surface area contributed by atoms with E-state index in [2.05, 4.69) is 282 Å². The summed E-state index contributed by atoms with van der Waals surface area (Å²) in [5, 5.41) is 7.23. The van der Waals surface area contributed by atoms with E-state index in [-0.39, 0.29) is 0 Å². The molecule has 0 saturated heterocycles. The molecule has 0 fully saturated rings. The SMILES string of the molecule is c1ccc(-c2ccc(N(c3ccc(-c4cc5c6ccccc6n(-c6ccc7oc8ccccc8c7c6)c5c5c4sc4ccccc45)cc3)c3ccc4c(c3)C(c3ccccc3)(c3ccccc3)c3ccccc3-4)cc2)cc1. The van der Waals surface area contributed by atoms with Gasteiger partial charge in [0.25, 0.3) is 0 Å². The van der Waals surface area contributed by atoms with Crippen molar-refractivity contribution in [2.24, 2.45) is 0 Å². The Balaban J connectivity index is 0.895. The highest BCUT2D eigenvalue weighted by atomic mass is 32.1. The minimum absolute atomic E-state index is 0.533. The van der Waals surface area contributed by atoms with Crippen LogP contribution in [0.4, 0.5) is 17.1 Å². The Morgan fingerprint density at radius 2 is 0.935 bits per heavy atom. The monoisotopic (exact) mass is 998 g/mol. The molecule has 3 aromatic heterocycles. The van der Waals surface area contributed by atoms with Gasteiger partial charge in [0, 0.05) is 70.0 Å². The Morgan fingerprint density at radius 3 is 1.69 bits per heavy atom. The second-order valence-electron chi connectivity index (χ2n) is 20.3. The number of anilines is 3. The van der Waals surface area contributed by atoms with Crippen LogP contribution in [0.1, 0.15) is 22.3 Å². The van der Waals surface area contributed by atoms with Crippen molar-refractivity contribution < 1.29 is 4.42 Å². The van der Waals surface area contributed by atoms with Crippen molar-refractivity contribution in [1.82, 2.24) is 4.57 Å². The number of aromatic nitrogens is 1. The van der Waals surface area contributed by atoms with Gasteiger partial charge in [-0.3, -0.25) is 0 Å². The van der Waals surface area contributed by atoms with Crippen LogP contribution in [0.3, 0.4) is 0 Å². The quantitative estimate of drug-likeness (QED) is 0.151. The fourth-order valence-corrected chi connectivity index (χ4v) is 14.2. The first-order valence-electron chi connectivity index (χ1n) is 26.4. The second-order valence-corrected chi connectivity index (χ2v) is 21.4. The zero-order valence-corrected chi connectivity index (χ0v) is 42.6. The molecule has 0 unspecified atom stereocenters. The predicted molar refractivity (Wildman–Crippen MR) is 324 cm³/mol. The van der Waals surface area contributed by atoms with Crippen molar-refractivity contribution in [2.75, 3.05) is 4.90 Å². The average Bonchev–Trinajstić information content (AvgIpc) is 4.46. The molecule has 3 nitrogen and oxygen atoms in total. The Labute approximate surface area is 449 Å². The van der Waals surface area contributed by atoms with Gasteiger partial charge in [-0.15, -0.1) is 11.3 Å². The third-order valence-electron chi connectivity index (χ3n) is 16.3. The summed E-state index contributed by atoms with van der Waals surface area (Å²) in [5.41, 5.74) is 20.4. The van der Waals surface area contributed by atoms with Crippen LogP contribution in [-0.2, 0) is 5.41 Å². The maximum Gasteiger partial charge on any atom is 0.135 e. The van der Waals surface area contributed by atoms with Gasteiger partial charge < -0.3 is 13.9 Å². The lowest BCUT2D eigenvalue weighted by molar-refractivity contribution is 0.669. The van der Waals surface area contributed by atoms with Crippen molar-refractivity contribution in [1.29, 1.82) is 0 Å². The Hall–Kier alpha value is -9.74. The molecule has 15 aromatic rings. The van der Waals surface area contributed by atoms with Gasteiger partial charge in [0.15, 0.2) is 0 Å². The van der Waals surface area contributed by atoms with E-state index in [1.54, 1.807) is 0 Å².